The molecule has 0 amide bonds. The van der Waals surface area contributed by atoms with Gasteiger partial charge in [-0.25, -0.2) is 17.5 Å². The Labute approximate surface area is 100 Å². The van der Waals surface area contributed by atoms with E-state index in [2.05, 4.69) is 11.6 Å². The number of benzene rings is 1. The third-order valence-corrected chi connectivity index (χ3v) is 4.59. The predicted octanol–water partition coefficient (Wildman–Crippen LogP) is 1.34. The van der Waals surface area contributed by atoms with Gasteiger partial charge in [-0.05, 0) is 30.4 Å². The van der Waals surface area contributed by atoms with Crippen LogP contribution in [0.3, 0.4) is 0 Å². The minimum Gasteiger partial charge on any atom is -0.398 e. The summed E-state index contributed by atoms with van der Waals surface area (Å²) in [6.45, 7) is 2.40. The Balaban J connectivity index is 2.19. The number of halogens is 1. The molecule has 1 fully saturated rings. The molecule has 1 aliphatic carbocycles. The van der Waals surface area contributed by atoms with Gasteiger partial charge < -0.3 is 5.73 Å². The lowest BCUT2D eigenvalue weighted by atomic mass is 10.3. The number of hydrogen-bond donors (Lipinski definition) is 2. The lowest BCUT2D eigenvalue weighted by molar-refractivity contribution is 0.554. The lowest BCUT2D eigenvalue weighted by Crippen LogP contribution is -2.27. The summed E-state index contributed by atoms with van der Waals surface area (Å²) in [4.78, 5) is -0.451. The fourth-order valence-electron chi connectivity index (χ4n) is 1.78. The molecule has 17 heavy (non-hydrogen) atoms. The van der Waals surface area contributed by atoms with E-state index < -0.39 is 20.7 Å². The molecule has 2 rings (SSSR count). The monoisotopic (exact) mass is 258 g/mol. The molecule has 0 aliphatic heterocycles. The molecule has 2 atom stereocenters. The summed E-state index contributed by atoms with van der Waals surface area (Å²) in [6.07, 6.45) is 1.01. The predicted molar refractivity (Wildman–Crippen MR) is 63.3 cm³/mol. The van der Waals surface area contributed by atoms with E-state index in [1.807, 2.05) is 0 Å². The SMILES string of the molecule is CC1CC1CNS(=O)(=O)c1c(N)cccc1F. The van der Waals surface area contributed by atoms with Crippen LogP contribution >= 0.6 is 0 Å². The van der Waals surface area contributed by atoms with E-state index in [-0.39, 0.29) is 5.69 Å². The van der Waals surface area contributed by atoms with Crippen molar-refractivity contribution < 1.29 is 12.8 Å². The van der Waals surface area contributed by atoms with Crippen molar-refractivity contribution in [3.8, 4) is 0 Å². The van der Waals surface area contributed by atoms with Crippen LogP contribution < -0.4 is 10.5 Å². The van der Waals surface area contributed by atoms with E-state index in [0.29, 0.717) is 18.4 Å². The van der Waals surface area contributed by atoms with Crippen LogP contribution in [-0.2, 0) is 10.0 Å². The Morgan fingerprint density at radius 1 is 1.53 bits per heavy atom. The summed E-state index contributed by atoms with van der Waals surface area (Å²) in [7, 11) is -3.85. The molecule has 1 aromatic carbocycles. The van der Waals surface area contributed by atoms with Gasteiger partial charge in [0, 0.05) is 6.54 Å². The van der Waals surface area contributed by atoms with Gasteiger partial charge in [-0.3, -0.25) is 0 Å². The second kappa shape index (κ2) is 4.27. The van der Waals surface area contributed by atoms with E-state index in [1.54, 1.807) is 0 Å². The number of anilines is 1. The zero-order valence-corrected chi connectivity index (χ0v) is 10.3. The van der Waals surface area contributed by atoms with E-state index in [9.17, 15) is 12.8 Å². The molecule has 0 heterocycles. The fraction of sp³-hybridized carbons (Fsp3) is 0.455. The molecule has 0 radical (unpaired) electrons. The van der Waals surface area contributed by atoms with Gasteiger partial charge in [0.05, 0.1) is 5.69 Å². The Morgan fingerprint density at radius 2 is 2.18 bits per heavy atom. The van der Waals surface area contributed by atoms with Crippen LogP contribution in [0.4, 0.5) is 10.1 Å². The molecule has 0 spiro atoms. The van der Waals surface area contributed by atoms with Crippen LogP contribution in [0, 0.1) is 17.7 Å². The average Bonchev–Trinajstić information content (AvgIpc) is 2.91. The zero-order valence-electron chi connectivity index (χ0n) is 9.48. The topological polar surface area (TPSA) is 72.2 Å². The second-order valence-corrected chi connectivity index (χ2v) is 6.19. The molecule has 3 N–H and O–H groups in total. The molecule has 6 heteroatoms. The summed E-state index contributed by atoms with van der Waals surface area (Å²) in [5.74, 6) is 0.0785. The standard InChI is InChI=1S/C11H15FN2O2S/c1-7-5-8(7)6-14-17(15,16)11-9(12)3-2-4-10(11)13/h2-4,7-8,14H,5-6,13H2,1H3. The Morgan fingerprint density at radius 3 is 2.71 bits per heavy atom. The van der Waals surface area contributed by atoms with Crippen LogP contribution in [0.1, 0.15) is 13.3 Å². The van der Waals surface area contributed by atoms with E-state index in [0.717, 1.165) is 12.5 Å². The third-order valence-electron chi connectivity index (χ3n) is 3.08. The molecule has 1 aromatic rings. The van der Waals surface area contributed by atoms with Crippen molar-refractivity contribution in [1.82, 2.24) is 4.72 Å². The van der Waals surface area contributed by atoms with Gasteiger partial charge >= 0.3 is 0 Å². The Hall–Kier alpha value is -1.14. The molecule has 4 nitrogen and oxygen atoms in total. The maximum atomic E-state index is 13.5. The van der Waals surface area contributed by atoms with Crippen molar-refractivity contribution in [1.29, 1.82) is 0 Å². The van der Waals surface area contributed by atoms with Crippen LogP contribution in [0.5, 0.6) is 0 Å². The molecular formula is C11H15FN2O2S. The first kappa shape index (κ1) is 12.3. The highest BCUT2D eigenvalue weighted by atomic mass is 32.2. The molecule has 0 saturated heterocycles. The zero-order chi connectivity index (χ0) is 12.6. The van der Waals surface area contributed by atoms with Crippen molar-refractivity contribution in [3.05, 3.63) is 24.0 Å². The summed E-state index contributed by atoms with van der Waals surface area (Å²) >= 11 is 0. The van der Waals surface area contributed by atoms with Crippen LogP contribution in [0.2, 0.25) is 0 Å². The lowest BCUT2D eigenvalue weighted by Gasteiger charge is -2.09. The number of nitrogen functional groups attached to an aromatic ring is 1. The minimum absolute atomic E-state index is 0.0682. The first-order chi connectivity index (χ1) is 7.92. The molecular weight excluding hydrogens is 243 g/mol. The normalized spacial score (nSPS) is 23.6. The summed E-state index contributed by atoms with van der Waals surface area (Å²) in [6, 6.07) is 3.84. The molecule has 0 aromatic heterocycles. The Kier molecular flexibility index (Phi) is 3.09. The van der Waals surface area contributed by atoms with Gasteiger partial charge in [0.2, 0.25) is 10.0 Å². The number of sulfonamides is 1. The van der Waals surface area contributed by atoms with Gasteiger partial charge in [0.15, 0.2) is 0 Å². The van der Waals surface area contributed by atoms with Crippen LogP contribution in [-0.4, -0.2) is 15.0 Å². The van der Waals surface area contributed by atoms with Crippen molar-refractivity contribution in [2.24, 2.45) is 11.8 Å². The first-order valence-corrected chi connectivity index (χ1v) is 6.94. The molecule has 1 saturated carbocycles. The number of nitrogens with one attached hydrogen (secondary N) is 1. The minimum atomic E-state index is -3.85. The van der Waals surface area contributed by atoms with Crippen molar-refractivity contribution in [2.75, 3.05) is 12.3 Å². The molecule has 0 bridgehead atoms. The molecule has 1 aliphatic rings. The highest BCUT2D eigenvalue weighted by molar-refractivity contribution is 7.89. The van der Waals surface area contributed by atoms with Gasteiger partial charge in [-0.2, -0.15) is 0 Å². The second-order valence-electron chi connectivity index (χ2n) is 4.48. The summed E-state index contributed by atoms with van der Waals surface area (Å²) < 4.78 is 39.6. The highest BCUT2D eigenvalue weighted by Crippen LogP contribution is 2.37. The van der Waals surface area contributed by atoms with E-state index >= 15 is 0 Å². The maximum absolute atomic E-state index is 13.5. The van der Waals surface area contributed by atoms with Crippen LogP contribution in [0.25, 0.3) is 0 Å². The molecule has 94 valence electrons. The van der Waals surface area contributed by atoms with Crippen molar-refractivity contribution in [3.63, 3.8) is 0 Å². The maximum Gasteiger partial charge on any atom is 0.245 e. The fourth-order valence-corrected chi connectivity index (χ4v) is 3.06. The first-order valence-electron chi connectivity index (χ1n) is 5.45. The number of nitrogens with two attached hydrogens (primary N) is 1. The third kappa shape index (κ3) is 2.58. The van der Waals surface area contributed by atoms with Gasteiger partial charge in [0.1, 0.15) is 10.7 Å². The van der Waals surface area contributed by atoms with Gasteiger partial charge in [0.25, 0.3) is 0 Å². The summed E-state index contributed by atoms with van der Waals surface area (Å²) in [5, 5.41) is 0. The number of hydrogen-bond acceptors (Lipinski definition) is 3. The Bertz CT molecular complexity index is 510. The quantitative estimate of drug-likeness (QED) is 0.801. The van der Waals surface area contributed by atoms with Crippen molar-refractivity contribution in [2.45, 2.75) is 18.2 Å². The summed E-state index contributed by atoms with van der Waals surface area (Å²) in [5.41, 5.74) is 5.43. The van der Waals surface area contributed by atoms with Crippen LogP contribution in [0.15, 0.2) is 23.1 Å². The van der Waals surface area contributed by atoms with Gasteiger partial charge in [-0.1, -0.05) is 13.0 Å². The number of rotatable bonds is 4. The van der Waals surface area contributed by atoms with Crippen molar-refractivity contribution >= 4 is 15.7 Å². The molecule has 2 unspecified atom stereocenters. The largest absolute Gasteiger partial charge is 0.398 e. The van der Waals surface area contributed by atoms with Gasteiger partial charge in [-0.15, -0.1) is 0 Å². The van der Waals surface area contributed by atoms with E-state index in [4.69, 9.17) is 5.73 Å². The highest BCUT2D eigenvalue weighted by Gasteiger charge is 2.34. The smallest absolute Gasteiger partial charge is 0.245 e. The van der Waals surface area contributed by atoms with E-state index in [1.165, 1.54) is 12.1 Å². The average molecular weight is 258 g/mol.